The van der Waals surface area contributed by atoms with Crippen molar-refractivity contribution < 1.29 is 12.8 Å². The zero-order valence-electron chi connectivity index (χ0n) is 10.1. The van der Waals surface area contributed by atoms with Crippen LogP contribution in [0.25, 0.3) is 0 Å². The number of hydrogen-bond acceptors (Lipinski definition) is 5. The summed E-state index contributed by atoms with van der Waals surface area (Å²) in [5.74, 6) is 0.431. The van der Waals surface area contributed by atoms with Crippen LogP contribution in [0.1, 0.15) is 12.0 Å². The summed E-state index contributed by atoms with van der Waals surface area (Å²) in [6.45, 7) is 0.171. The number of nitrogens with two attached hydrogens (primary N) is 1. The number of nitrogens with zero attached hydrogens (tertiary/aromatic N) is 2. The molecule has 18 heavy (non-hydrogen) atoms. The molecule has 0 spiro atoms. The Hall–Kier alpha value is -1.21. The summed E-state index contributed by atoms with van der Waals surface area (Å²) in [4.78, 5) is 5.80. The lowest BCUT2D eigenvalue weighted by molar-refractivity contribution is 0.599. The summed E-state index contributed by atoms with van der Waals surface area (Å²) in [7, 11) is -1.18. The van der Waals surface area contributed by atoms with Crippen LogP contribution in [0.15, 0.2) is 12.3 Å². The Morgan fingerprint density at radius 2 is 2.33 bits per heavy atom. The fourth-order valence-electron chi connectivity index (χ4n) is 2.20. The topological polar surface area (TPSA) is 76.3 Å². The zero-order chi connectivity index (χ0) is 13.3. The highest BCUT2D eigenvalue weighted by molar-refractivity contribution is 7.91. The summed E-state index contributed by atoms with van der Waals surface area (Å²) in [6.07, 6.45) is 1.69. The van der Waals surface area contributed by atoms with Crippen LogP contribution < -0.4 is 10.6 Å². The second-order valence-electron chi connectivity index (χ2n) is 4.51. The van der Waals surface area contributed by atoms with Gasteiger partial charge in [0.05, 0.1) is 17.7 Å². The fraction of sp³-hybridized carbons (Fsp3) is 0.545. The van der Waals surface area contributed by atoms with Gasteiger partial charge in [-0.3, -0.25) is 0 Å². The summed E-state index contributed by atoms with van der Waals surface area (Å²) < 4.78 is 36.0. The number of halogens is 1. The second-order valence-corrected chi connectivity index (χ2v) is 6.74. The van der Waals surface area contributed by atoms with Crippen molar-refractivity contribution in [2.24, 2.45) is 5.73 Å². The van der Waals surface area contributed by atoms with E-state index in [1.165, 1.54) is 6.07 Å². The van der Waals surface area contributed by atoms with Gasteiger partial charge < -0.3 is 10.6 Å². The van der Waals surface area contributed by atoms with Gasteiger partial charge in [0.25, 0.3) is 0 Å². The summed E-state index contributed by atoms with van der Waals surface area (Å²) in [6, 6.07) is 1.22. The smallest absolute Gasteiger partial charge is 0.152 e. The van der Waals surface area contributed by atoms with Gasteiger partial charge in [0.2, 0.25) is 0 Å². The summed E-state index contributed by atoms with van der Waals surface area (Å²) in [5, 5.41) is 0. The lowest BCUT2D eigenvalue weighted by atomic mass is 10.2. The number of aromatic nitrogens is 1. The molecule has 0 radical (unpaired) electrons. The SMILES string of the molecule is CN(c1ncc(F)cc1CN)C1CCS(=O)(=O)C1. The highest BCUT2D eigenvalue weighted by Gasteiger charge is 2.31. The van der Waals surface area contributed by atoms with E-state index in [0.717, 1.165) is 6.20 Å². The Kier molecular flexibility index (Phi) is 3.54. The van der Waals surface area contributed by atoms with Crippen molar-refractivity contribution in [3.8, 4) is 0 Å². The molecule has 2 rings (SSSR count). The van der Waals surface area contributed by atoms with Gasteiger partial charge in [0, 0.05) is 25.2 Å². The molecule has 0 saturated carbocycles. The highest BCUT2D eigenvalue weighted by atomic mass is 32.2. The molecule has 7 heteroatoms. The van der Waals surface area contributed by atoms with E-state index in [1.54, 1.807) is 11.9 Å². The molecule has 0 amide bonds. The minimum absolute atomic E-state index is 0.113. The standard InChI is InChI=1S/C11H16FN3O2S/c1-15(10-2-3-18(16,17)7-10)11-8(5-13)4-9(12)6-14-11/h4,6,10H,2-3,5,7,13H2,1H3. The molecule has 1 fully saturated rings. The maximum absolute atomic E-state index is 13.1. The van der Waals surface area contributed by atoms with Crippen molar-refractivity contribution in [2.75, 3.05) is 23.5 Å². The van der Waals surface area contributed by atoms with E-state index < -0.39 is 15.7 Å². The maximum atomic E-state index is 13.1. The second kappa shape index (κ2) is 4.81. The highest BCUT2D eigenvalue weighted by Crippen LogP contribution is 2.24. The molecule has 2 heterocycles. The number of rotatable bonds is 3. The van der Waals surface area contributed by atoms with Crippen LogP contribution in [0.3, 0.4) is 0 Å². The molecule has 0 aromatic carbocycles. The molecule has 0 bridgehead atoms. The normalized spacial score (nSPS) is 22.1. The Labute approximate surface area is 106 Å². The third-order valence-electron chi connectivity index (χ3n) is 3.22. The Balaban J connectivity index is 2.26. The van der Waals surface area contributed by atoms with Gasteiger partial charge in [-0.15, -0.1) is 0 Å². The van der Waals surface area contributed by atoms with Crippen molar-refractivity contribution in [1.82, 2.24) is 4.98 Å². The van der Waals surface area contributed by atoms with E-state index in [-0.39, 0.29) is 24.1 Å². The zero-order valence-corrected chi connectivity index (χ0v) is 11.0. The lowest BCUT2D eigenvalue weighted by Gasteiger charge is -2.26. The van der Waals surface area contributed by atoms with E-state index in [2.05, 4.69) is 4.98 Å². The van der Waals surface area contributed by atoms with Crippen LogP contribution in [0.2, 0.25) is 0 Å². The number of pyridine rings is 1. The van der Waals surface area contributed by atoms with Crippen LogP contribution in [0.5, 0.6) is 0 Å². The van der Waals surface area contributed by atoms with Crippen LogP contribution in [-0.2, 0) is 16.4 Å². The maximum Gasteiger partial charge on any atom is 0.152 e. The van der Waals surface area contributed by atoms with Crippen molar-refractivity contribution >= 4 is 15.7 Å². The first-order chi connectivity index (χ1) is 8.43. The lowest BCUT2D eigenvalue weighted by Crippen LogP contribution is -2.34. The van der Waals surface area contributed by atoms with Crippen molar-refractivity contribution in [3.05, 3.63) is 23.6 Å². The number of sulfone groups is 1. The Morgan fingerprint density at radius 3 is 2.89 bits per heavy atom. The molecule has 1 aliphatic heterocycles. The number of anilines is 1. The van der Waals surface area contributed by atoms with Crippen molar-refractivity contribution in [1.29, 1.82) is 0 Å². The first kappa shape index (κ1) is 13.2. The quantitative estimate of drug-likeness (QED) is 0.857. The summed E-state index contributed by atoms with van der Waals surface area (Å²) >= 11 is 0. The van der Waals surface area contributed by atoms with Crippen LogP contribution in [-0.4, -0.2) is 38.0 Å². The predicted octanol–water partition coefficient (Wildman–Crippen LogP) is 0.303. The van der Waals surface area contributed by atoms with E-state index in [4.69, 9.17) is 5.73 Å². The fourth-order valence-corrected chi connectivity index (χ4v) is 3.97. The average Bonchev–Trinajstić information content (AvgIpc) is 2.68. The molecule has 0 aliphatic carbocycles. The minimum Gasteiger partial charge on any atom is -0.355 e. The van der Waals surface area contributed by atoms with Gasteiger partial charge in [0.1, 0.15) is 11.6 Å². The van der Waals surface area contributed by atoms with Gasteiger partial charge in [-0.1, -0.05) is 0 Å². The van der Waals surface area contributed by atoms with Gasteiger partial charge in [0.15, 0.2) is 9.84 Å². The third-order valence-corrected chi connectivity index (χ3v) is 4.97. The first-order valence-corrected chi connectivity index (χ1v) is 7.53. The molecule has 1 aromatic heterocycles. The Morgan fingerprint density at radius 1 is 1.61 bits per heavy atom. The predicted molar refractivity (Wildman–Crippen MR) is 67.5 cm³/mol. The molecular weight excluding hydrogens is 257 g/mol. The third kappa shape index (κ3) is 2.62. The molecule has 2 N–H and O–H groups in total. The molecule has 100 valence electrons. The van der Waals surface area contributed by atoms with E-state index in [1.807, 2.05) is 0 Å². The molecule has 5 nitrogen and oxygen atoms in total. The number of hydrogen-bond donors (Lipinski definition) is 1. The average molecular weight is 273 g/mol. The van der Waals surface area contributed by atoms with Gasteiger partial charge >= 0.3 is 0 Å². The first-order valence-electron chi connectivity index (χ1n) is 5.70. The largest absolute Gasteiger partial charge is 0.355 e. The van der Waals surface area contributed by atoms with E-state index in [0.29, 0.717) is 17.8 Å². The van der Waals surface area contributed by atoms with Crippen LogP contribution >= 0.6 is 0 Å². The molecular formula is C11H16FN3O2S. The van der Waals surface area contributed by atoms with Crippen LogP contribution in [0.4, 0.5) is 10.2 Å². The Bertz CT molecular complexity index is 547. The molecule has 1 saturated heterocycles. The van der Waals surface area contributed by atoms with E-state index >= 15 is 0 Å². The molecule has 1 aromatic rings. The molecule has 1 unspecified atom stereocenters. The summed E-state index contributed by atoms with van der Waals surface area (Å²) in [5.41, 5.74) is 6.14. The van der Waals surface area contributed by atoms with Crippen LogP contribution in [0, 0.1) is 5.82 Å². The monoisotopic (exact) mass is 273 g/mol. The van der Waals surface area contributed by atoms with Crippen molar-refractivity contribution in [3.63, 3.8) is 0 Å². The van der Waals surface area contributed by atoms with E-state index in [9.17, 15) is 12.8 Å². The van der Waals surface area contributed by atoms with Gasteiger partial charge in [-0.2, -0.15) is 0 Å². The minimum atomic E-state index is -2.95. The molecule has 1 atom stereocenters. The van der Waals surface area contributed by atoms with Gasteiger partial charge in [-0.05, 0) is 12.5 Å². The van der Waals surface area contributed by atoms with Gasteiger partial charge in [-0.25, -0.2) is 17.8 Å². The van der Waals surface area contributed by atoms with Crippen molar-refractivity contribution in [2.45, 2.75) is 19.0 Å². The molecule has 1 aliphatic rings.